The molecular weight excluding hydrogens is 246 g/mol. The van der Waals surface area contributed by atoms with Crippen molar-refractivity contribution in [3.63, 3.8) is 0 Å². The van der Waals surface area contributed by atoms with E-state index in [1.165, 1.54) is 0 Å². The van der Waals surface area contributed by atoms with Gasteiger partial charge in [0, 0.05) is 6.42 Å². The van der Waals surface area contributed by atoms with Crippen molar-refractivity contribution < 1.29 is 19.8 Å². The molecule has 1 rings (SSSR count). The highest BCUT2D eigenvalue weighted by atomic mass is 16.7. The maximum atomic E-state index is 11.0. The van der Waals surface area contributed by atoms with Gasteiger partial charge in [-0.2, -0.15) is 5.06 Å². The Bertz CT molecular complexity index is 400. The van der Waals surface area contributed by atoms with Gasteiger partial charge < -0.3 is 10.2 Å². The van der Waals surface area contributed by atoms with Crippen LogP contribution in [0.15, 0.2) is 30.3 Å². The molecule has 0 spiro atoms. The lowest BCUT2D eigenvalue weighted by molar-refractivity contribution is -0.182. The molecule has 19 heavy (non-hydrogen) atoms. The second-order valence-electron chi connectivity index (χ2n) is 5.30. The lowest BCUT2D eigenvalue weighted by atomic mass is 10.1. The Morgan fingerprint density at radius 2 is 1.89 bits per heavy atom. The maximum absolute atomic E-state index is 11.0. The predicted octanol–water partition coefficient (Wildman–Crippen LogP) is 2.82. The Kier molecular flexibility index (Phi) is 5.32. The number of aliphatic hydroxyl groups excluding tert-OH is 1. The molecule has 5 nitrogen and oxygen atoms in total. The van der Waals surface area contributed by atoms with Crippen molar-refractivity contribution in [3.05, 3.63) is 35.9 Å². The van der Waals surface area contributed by atoms with Gasteiger partial charge in [-0.1, -0.05) is 30.3 Å². The van der Waals surface area contributed by atoms with Crippen LogP contribution in [0.25, 0.3) is 0 Å². The second kappa shape index (κ2) is 6.54. The molecular formula is C14H21NO4. The number of carbonyl (C=O) groups is 1. The first-order chi connectivity index (χ1) is 8.82. The topological polar surface area (TPSA) is 70.0 Å². The summed E-state index contributed by atoms with van der Waals surface area (Å²) in [5, 5.41) is 19.9. The second-order valence-corrected chi connectivity index (χ2v) is 5.30. The van der Waals surface area contributed by atoms with Gasteiger partial charge in [0.2, 0.25) is 0 Å². The average molecular weight is 267 g/mol. The summed E-state index contributed by atoms with van der Waals surface area (Å²) in [6.07, 6.45) is -1.46. The first-order valence-electron chi connectivity index (χ1n) is 6.21. The summed E-state index contributed by atoms with van der Waals surface area (Å²) < 4.78 is 0. The molecule has 0 aromatic heterocycles. The van der Waals surface area contributed by atoms with Crippen LogP contribution in [0.4, 0.5) is 4.79 Å². The molecule has 1 amide bonds. The number of amides is 1. The van der Waals surface area contributed by atoms with Gasteiger partial charge in [0.05, 0.1) is 18.2 Å². The third-order valence-corrected chi connectivity index (χ3v) is 2.58. The zero-order valence-electron chi connectivity index (χ0n) is 11.5. The highest BCUT2D eigenvalue weighted by molar-refractivity contribution is 5.64. The molecule has 0 saturated carbocycles. The van der Waals surface area contributed by atoms with Crippen LogP contribution in [0.5, 0.6) is 0 Å². The highest BCUT2D eigenvalue weighted by Gasteiger charge is 2.27. The van der Waals surface area contributed by atoms with Crippen LogP contribution >= 0.6 is 0 Å². The summed E-state index contributed by atoms with van der Waals surface area (Å²) in [5.41, 5.74) is 0.160. The van der Waals surface area contributed by atoms with Crippen LogP contribution in [-0.4, -0.2) is 33.5 Å². The van der Waals surface area contributed by atoms with E-state index in [-0.39, 0.29) is 6.61 Å². The smallest absolute Gasteiger partial charge is 0.431 e. The van der Waals surface area contributed by atoms with E-state index < -0.39 is 17.7 Å². The minimum absolute atomic E-state index is 0.139. The fourth-order valence-corrected chi connectivity index (χ4v) is 1.63. The summed E-state index contributed by atoms with van der Waals surface area (Å²) in [5.74, 6) is 0. The number of aliphatic hydroxyl groups is 1. The predicted molar refractivity (Wildman–Crippen MR) is 71.6 cm³/mol. The van der Waals surface area contributed by atoms with Gasteiger partial charge >= 0.3 is 6.09 Å². The molecule has 1 atom stereocenters. The van der Waals surface area contributed by atoms with E-state index in [4.69, 9.17) is 9.94 Å². The van der Waals surface area contributed by atoms with E-state index >= 15 is 0 Å². The van der Waals surface area contributed by atoms with Gasteiger partial charge in [-0.05, 0) is 26.3 Å². The molecule has 1 aromatic rings. The first kappa shape index (κ1) is 15.5. The normalized spacial score (nSPS) is 13.1. The molecule has 0 saturated heterocycles. The van der Waals surface area contributed by atoms with Crippen molar-refractivity contribution in [1.82, 2.24) is 5.06 Å². The first-order valence-corrected chi connectivity index (χ1v) is 6.21. The quantitative estimate of drug-likeness (QED) is 0.805. The zero-order chi connectivity index (χ0) is 14.5. The Hall–Kier alpha value is -1.59. The van der Waals surface area contributed by atoms with Crippen molar-refractivity contribution in [3.8, 4) is 0 Å². The number of benzene rings is 1. The van der Waals surface area contributed by atoms with Gasteiger partial charge in [0.15, 0.2) is 0 Å². The summed E-state index contributed by atoms with van der Waals surface area (Å²) in [4.78, 5) is 16.3. The minimum atomic E-state index is -1.14. The van der Waals surface area contributed by atoms with E-state index in [2.05, 4.69) is 0 Å². The van der Waals surface area contributed by atoms with Crippen LogP contribution in [0.1, 0.15) is 38.9 Å². The van der Waals surface area contributed by atoms with Crippen molar-refractivity contribution in [2.45, 2.75) is 38.8 Å². The molecule has 106 valence electrons. The number of hydroxylamine groups is 2. The third-order valence-electron chi connectivity index (χ3n) is 2.58. The molecule has 2 N–H and O–H groups in total. The summed E-state index contributed by atoms with van der Waals surface area (Å²) in [6, 6.07) is 9.21. The van der Waals surface area contributed by atoms with Gasteiger partial charge in [-0.25, -0.2) is 4.79 Å². The maximum Gasteiger partial charge on any atom is 0.431 e. The van der Waals surface area contributed by atoms with E-state index in [1.54, 1.807) is 20.8 Å². The Morgan fingerprint density at radius 3 is 2.37 bits per heavy atom. The van der Waals surface area contributed by atoms with Gasteiger partial charge in [0.1, 0.15) is 0 Å². The Morgan fingerprint density at radius 1 is 1.32 bits per heavy atom. The van der Waals surface area contributed by atoms with Gasteiger partial charge in [-0.15, -0.1) is 0 Å². The molecule has 0 fully saturated rings. The molecule has 1 unspecified atom stereocenters. The Balaban J connectivity index is 2.47. The molecule has 0 heterocycles. The molecule has 5 heteroatoms. The Labute approximate surface area is 113 Å². The fraction of sp³-hybridized carbons (Fsp3) is 0.500. The van der Waals surface area contributed by atoms with E-state index in [1.807, 2.05) is 30.3 Å². The van der Waals surface area contributed by atoms with Crippen molar-refractivity contribution in [1.29, 1.82) is 0 Å². The van der Waals surface area contributed by atoms with Crippen LogP contribution < -0.4 is 0 Å². The average Bonchev–Trinajstić information content (AvgIpc) is 2.33. The zero-order valence-corrected chi connectivity index (χ0v) is 11.5. The SMILES string of the molecule is CC(C)(C)N(OCCC(O)c1ccccc1)C(=O)O. The molecule has 0 aliphatic rings. The lowest BCUT2D eigenvalue weighted by Crippen LogP contribution is -2.45. The monoisotopic (exact) mass is 267 g/mol. The van der Waals surface area contributed by atoms with Crippen LogP contribution in [0, 0.1) is 0 Å². The van der Waals surface area contributed by atoms with Crippen LogP contribution in [0.2, 0.25) is 0 Å². The highest BCUT2D eigenvalue weighted by Crippen LogP contribution is 2.18. The third kappa shape index (κ3) is 4.89. The standard InChI is InChI=1S/C14H21NO4/c1-14(2,3)15(13(17)18)19-10-9-12(16)11-7-5-4-6-8-11/h4-8,12,16H,9-10H2,1-3H3,(H,17,18). The van der Waals surface area contributed by atoms with Crippen molar-refractivity contribution in [2.24, 2.45) is 0 Å². The van der Waals surface area contributed by atoms with Crippen LogP contribution in [0.3, 0.4) is 0 Å². The molecule has 0 bridgehead atoms. The van der Waals surface area contributed by atoms with Gasteiger partial charge in [-0.3, -0.25) is 4.84 Å². The van der Waals surface area contributed by atoms with Gasteiger partial charge in [0.25, 0.3) is 0 Å². The molecule has 1 aromatic carbocycles. The summed E-state index contributed by atoms with van der Waals surface area (Å²) >= 11 is 0. The summed E-state index contributed by atoms with van der Waals surface area (Å²) in [6.45, 7) is 5.37. The largest absolute Gasteiger partial charge is 0.463 e. The number of hydrogen-bond acceptors (Lipinski definition) is 3. The number of hydrogen-bond donors (Lipinski definition) is 2. The summed E-state index contributed by atoms with van der Waals surface area (Å²) in [7, 11) is 0. The minimum Gasteiger partial charge on any atom is -0.463 e. The van der Waals surface area contributed by atoms with E-state index in [0.717, 1.165) is 10.6 Å². The van der Waals surface area contributed by atoms with Crippen LogP contribution in [-0.2, 0) is 4.84 Å². The molecule has 0 radical (unpaired) electrons. The molecule has 0 aliphatic heterocycles. The van der Waals surface area contributed by atoms with E-state index in [9.17, 15) is 9.90 Å². The lowest BCUT2D eigenvalue weighted by Gasteiger charge is -2.31. The molecule has 0 aliphatic carbocycles. The van der Waals surface area contributed by atoms with Crippen molar-refractivity contribution >= 4 is 6.09 Å². The number of carboxylic acid groups (broad SMARTS) is 1. The van der Waals surface area contributed by atoms with Crippen molar-refractivity contribution in [2.75, 3.05) is 6.61 Å². The fourth-order valence-electron chi connectivity index (χ4n) is 1.63. The number of rotatable bonds is 5. The number of nitrogens with zero attached hydrogens (tertiary/aromatic N) is 1. The van der Waals surface area contributed by atoms with E-state index in [0.29, 0.717) is 6.42 Å².